The predicted octanol–water partition coefficient (Wildman–Crippen LogP) is 1.95. The first-order chi connectivity index (χ1) is 8.90. The maximum atomic E-state index is 13.5. The highest BCUT2D eigenvalue weighted by atomic mass is 19.1. The standard InChI is InChI=1S/C12H6F3NO3/c13-7-3-8(14)11(9(15)4-7)16-5-6(12(18)19)1-2-10(16)17/h1-5H,(H,18,19). The summed E-state index contributed by atoms with van der Waals surface area (Å²) < 4.78 is 40.3. The summed E-state index contributed by atoms with van der Waals surface area (Å²) in [6, 6.07) is 2.66. The average molecular weight is 269 g/mol. The minimum atomic E-state index is -1.36. The van der Waals surface area contributed by atoms with E-state index in [0.29, 0.717) is 16.7 Å². The van der Waals surface area contributed by atoms with Gasteiger partial charge in [-0.1, -0.05) is 0 Å². The van der Waals surface area contributed by atoms with Crippen LogP contribution in [0.5, 0.6) is 0 Å². The Balaban J connectivity index is 2.75. The fourth-order valence-corrected chi connectivity index (χ4v) is 1.55. The van der Waals surface area contributed by atoms with Crippen LogP contribution >= 0.6 is 0 Å². The largest absolute Gasteiger partial charge is 0.478 e. The lowest BCUT2D eigenvalue weighted by Gasteiger charge is -2.09. The fraction of sp³-hybridized carbons (Fsp3) is 0. The molecule has 1 N–H and O–H groups in total. The third kappa shape index (κ3) is 2.35. The molecule has 0 amide bonds. The molecule has 7 heteroatoms. The molecule has 0 spiro atoms. The Kier molecular flexibility index (Phi) is 3.12. The van der Waals surface area contributed by atoms with Crippen molar-refractivity contribution in [2.24, 2.45) is 0 Å². The van der Waals surface area contributed by atoms with E-state index in [9.17, 15) is 22.8 Å². The van der Waals surface area contributed by atoms with E-state index in [1.807, 2.05) is 0 Å². The SMILES string of the molecule is O=C(O)c1ccc(=O)n(-c2c(F)cc(F)cc2F)c1. The number of carbonyl (C=O) groups is 1. The molecule has 0 bridgehead atoms. The van der Waals surface area contributed by atoms with Crippen LogP contribution in [0.25, 0.3) is 5.69 Å². The van der Waals surface area contributed by atoms with Crippen molar-refractivity contribution in [2.45, 2.75) is 0 Å². The van der Waals surface area contributed by atoms with Crippen molar-refractivity contribution in [1.82, 2.24) is 4.57 Å². The van der Waals surface area contributed by atoms with E-state index in [4.69, 9.17) is 5.11 Å². The van der Waals surface area contributed by atoms with Crippen LogP contribution in [0.2, 0.25) is 0 Å². The number of hydrogen-bond donors (Lipinski definition) is 1. The third-order valence-corrected chi connectivity index (χ3v) is 2.38. The second-order valence-electron chi connectivity index (χ2n) is 3.65. The molecule has 0 atom stereocenters. The molecule has 0 aliphatic heterocycles. The Morgan fingerprint density at radius 3 is 2.21 bits per heavy atom. The number of rotatable bonds is 2. The second kappa shape index (κ2) is 4.60. The van der Waals surface area contributed by atoms with Crippen molar-refractivity contribution in [1.29, 1.82) is 0 Å². The number of aromatic nitrogens is 1. The molecule has 4 nitrogen and oxygen atoms in total. The van der Waals surface area contributed by atoms with Gasteiger partial charge in [0, 0.05) is 24.4 Å². The van der Waals surface area contributed by atoms with Gasteiger partial charge in [-0.3, -0.25) is 9.36 Å². The normalized spacial score (nSPS) is 10.5. The Hall–Kier alpha value is -2.57. The van der Waals surface area contributed by atoms with Crippen LogP contribution in [0.4, 0.5) is 13.2 Å². The molecule has 1 aromatic carbocycles. The fourth-order valence-electron chi connectivity index (χ4n) is 1.55. The summed E-state index contributed by atoms with van der Waals surface area (Å²) in [6.45, 7) is 0. The van der Waals surface area contributed by atoms with Crippen LogP contribution in [0, 0.1) is 17.5 Å². The van der Waals surface area contributed by atoms with Crippen molar-refractivity contribution in [2.75, 3.05) is 0 Å². The summed E-state index contributed by atoms with van der Waals surface area (Å²) in [5, 5.41) is 8.77. The zero-order valence-electron chi connectivity index (χ0n) is 9.23. The first kappa shape index (κ1) is 12.9. The molecule has 0 aliphatic rings. The van der Waals surface area contributed by atoms with E-state index < -0.39 is 34.7 Å². The highest BCUT2D eigenvalue weighted by molar-refractivity contribution is 5.87. The molecule has 2 rings (SSSR count). The van der Waals surface area contributed by atoms with Gasteiger partial charge in [-0.25, -0.2) is 18.0 Å². The monoisotopic (exact) mass is 269 g/mol. The predicted molar refractivity (Wildman–Crippen MR) is 58.9 cm³/mol. The average Bonchev–Trinajstić information content (AvgIpc) is 2.29. The highest BCUT2D eigenvalue weighted by Crippen LogP contribution is 2.18. The van der Waals surface area contributed by atoms with Crippen LogP contribution in [0.1, 0.15) is 10.4 Å². The van der Waals surface area contributed by atoms with Gasteiger partial charge in [-0.05, 0) is 6.07 Å². The molecule has 0 fully saturated rings. The van der Waals surface area contributed by atoms with Gasteiger partial charge < -0.3 is 5.11 Å². The molecule has 1 heterocycles. The van der Waals surface area contributed by atoms with Crippen molar-refractivity contribution in [3.63, 3.8) is 0 Å². The number of benzene rings is 1. The number of pyridine rings is 1. The van der Waals surface area contributed by atoms with E-state index in [1.54, 1.807) is 0 Å². The van der Waals surface area contributed by atoms with E-state index in [-0.39, 0.29) is 5.56 Å². The van der Waals surface area contributed by atoms with Crippen LogP contribution in [-0.2, 0) is 0 Å². The van der Waals surface area contributed by atoms with Crippen molar-refractivity contribution in [3.8, 4) is 5.69 Å². The lowest BCUT2D eigenvalue weighted by Crippen LogP contribution is -2.20. The lowest BCUT2D eigenvalue weighted by molar-refractivity contribution is 0.0696. The van der Waals surface area contributed by atoms with Crippen LogP contribution in [0.15, 0.2) is 35.3 Å². The van der Waals surface area contributed by atoms with Crippen LogP contribution in [-0.4, -0.2) is 15.6 Å². The van der Waals surface area contributed by atoms with E-state index in [1.165, 1.54) is 0 Å². The van der Waals surface area contributed by atoms with E-state index in [0.717, 1.165) is 18.3 Å². The number of carboxylic acid groups (broad SMARTS) is 1. The number of aromatic carboxylic acids is 1. The van der Waals surface area contributed by atoms with Gasteiger partial charge in [0.15, 0.2) is 11.6 Å². The molecule has 98 valence electrons. The van der Waals surface area contributed by atoms with Crippen molar-refractivity contribution >= 4 is 5.97 Å². The molecule has 1 aromatic heterocycles. The second-order valence-corrected chi connectivity index (χ2v) is 3.65. The van der Waals surface area contributed by atoms with Gasteiger partial charge in [-0.2, -0.15) is 0 Å². The first-order valence-corrected chi connectivity index (χ1v) is 5.01. The topological polar surface area (TPSA) is 59.3 Å². The van der Waals surface area contributed by atoms with Gasteiger partial charge >= 0.3 is 5.97 Å². The first-order valence-electron chi connectivity index (χ1n) is 5.01. The number of nitrogens with zero attached hydrogens (tertiary/aromatic N) is 1. The summed E-state index contributed by atoms with van der Waals surface area (Å²) in [5.74, 6) is -5.11. The maximum absolute atomic E-state index is 13.5. The Morgan fingerprint density at radius 2 is 1.68 bits per heavy atom. The van der Waals surface area contributed by atoms with Crippen molar-refractivity contribution in [3.05, 3.63) is 63.8 Å². The Morgan fingerprint density at radius 1 is 1.11 bits per heavy atom. The molecular weight excluding hydrogens is 263 g/mol. The van der Waals surface area contributed by atoms with Gasteiger partial charge in [0.1, 0.15) is 11.5 Å². The van der Waals surface area contributed by atoms with Gasteiger partial charge in [0.2, 0.25) is 0 Å². The molecule has 0 unspecified atom stereocenters. The maximum Gasteiger partial charge on any atom is 0.337 e. The van der Waals surface area contributed by atoms with E-state index >= 15 is 0 Å². The molecule has 0 saturated carbocycles. The third-order valence-electron chi connectivity index (χ3n) is 2.38. The summed E-state index contributed by atoms with van der Waals surface area (Å²) in [6.07, 6.45) is 0.768. The molecule has 0 saturated heterocycles. The minimum Gasteiger partial charge on any atom is -0.478 e. The van der Waals surface area contributed by atoms with Gasteiger partial charge in [0.05, 0.1) is 5.56 Å². The summed E-state index contributed by atoms with van der Waals surface area (Å²) in [7, 11) is 0. The molecule has 2 aromatic rings. The molecule has 0 radical (unpaired) electrons. The lowest BCUT2D eigenvalue weighted by atomic mass is 10.2. The number of hydrogen-bond acceptors (Lipinski definition) is 2. The zero-order valence-corrected chi connectivity index (χ0v) is 9.23. The Labute approximate surface area is 104 Å². The smallest absolute Gasteiger partial charge is 0.337 e. The summed E-state index contributed by atoms with van der Waals surface area (Å²) in [5.41, 5.74) is -1.99. The molecule has 0 aliphatic carbocycles. The number of carboxylic acids is 1. The number of halogens is 3. The van der Waals surface area contributed by atoms with Crippen LogP contribution < -0.4 is 5.56 Å². The van der Waals surface area contributed by atoms with Crippen molar-refractivity contribution < 1.29 is 23.1 Å². The quantitative estimate of drug-likeness (QED) is 0.906. The van der Waals surface area contributed by atoms with E-state index in [2.05, 4.69) is 0 Å². The highest BCUT2D eigenvalue weighted by Gasteiger charge is 2.16. The van der Waals surface area contributed by atoms with Gasteiger partial charge in [-0.15, -0.1) is 0 Å². The Bertz CT molecular complexity index is 701. The van der Waals surface area contributed by atoms with Gasteiger partial charge in [0.25, 0.3) is 5.56 Å². The van der Waals surface area contributed by atoms with Crippen LogP contribution in [0.3, 0.4) is 0 Å². The molecule has 19 heavy (non-hydrogen) atoms. The minimum absolute atomic E-state index is 0.331. The molecular formula is C12H6F3NO3. The summed E-state index contributed by atoms with van der Waals surface area (Å²) in [4.78, 5) is 22.3. The zero-order chi connectivity index (χ0) is 14.2. The summed E-state index contributed by atoms with van der Waals surface area (Å²) >= 11 is 0.